The summed E-state index contributed by atoms with van der Waals surface area (Å²) >= 11 is 0. The summed E-state index contributed by atoms with van der Waals surface area (Å²) < 4.78 is 28.4. The lowest BCUT2D eigenvalue weighted by Crippen LogP contribution is -1.98. The van der Waals surface area contributed by atoms with Crippen LogP contribution in [-0.4, -0.2) is 25.2 Å². The second-order valence-electron chi connectivity index (χ2n) is 4.21. The molecule has 0 unspecified atom stereocenters. The lowest BCUT2D eigenvalue weighted by atomic mass is 10.0. The van der Waals surface area contributed by atoms with E-state index in [1.807, 2.05) is 0 Å². The van der Waals surface area contributed by atoms with Crippen LogP contribution in [0.5, 0.6) is 0 Å². The number of H-pyrrole nitrogens is 1. The molecular formula is C12H10F2N6. The molecule has 0 fully saturated rings. The molecule has 6 nitrogen and oxygen atoms in total. The number of aromatic nitrogens is 5. The van der Waals surface area contributed by atoms with Crippen LogP contribution in [0.2, 0.25) is 0 Å². The minimum absolute atomic E-state index is 0.162. The molecular weight excluding hydrogens is 266 g/mol. The minimum Gasteiger partial charge on any atom is -0.383 e. The third kappa shape index (κ3) is 1.81. The van der Waals surface area contributed by atoms with E-state index >= 15 is 0 Å². The van der Waals surface area contributed by atoms with Crippen LogP contribution in [0.3, 0.4) is 0 Å². The molecule has 0 aliphatic carbocycles. The Morgan fingerprint density at radius 2 is 2.10 bits per heavy atom. The van der Waals surface area contributed by atoms with Crippen LogP contribution in [-0.2, 0) is 7.05 Å². The molecule has 0 saturated carbocycles. The monoisotopic (exact) mass is 276 g/mol. The molecule has 0 aliphatic rings. The standard InChI is InChI=1S/C12H10F2N6/c1-20-12(15)10(7-3-2-6(13)4-8(7)14)11(18-20)9-5-16-19-17-9/h2-5H,15H2,1H3,(H,16,17,19). The summed E-state index contributed by atoms with van der Waals surface area (Å²) in [6, 6.07) is 3.29. The van der Waals surface area contributed by atoms with Crippen molar-refractivity contribution in [1.82, 2.24) is 25.2 Å². The van der Waals surface area contributed by atoms with E-state index in [0.29, 0.717) is 17.0 Å². The molecule has 20 heavy (non-hydrogen) atoms. The largest absolute Gasteiger partial charge is 0.383 e. The summed E-state index contributed by atoms with van der Waals surface area (Å²) in [6.45, 7) is 0. The van der Waals surface area contributed by atoms with Crippen molar-refractivity contribution in [2.24, 2.45) is 7.05 Å². The van der Waals surface area contributed by atoms with Gasteiger partial charge in [0.05, 0.1) is 11.8 Å². The van der Waals surface area contributed by atoms with Crippen LogP contribution >= 0.6 is 0 Å². The highest BCUT2D eigenvalue weighted by Crippen LogP contribution is 2.36. The van der Waals surface area contributed by atoms with Gasteiger partial charge in [0.15, 0.2) is 0 Å². The molecule has 0 bridgehead atoms. The Bertz CT molecular complexity index is 763. The summed E-state index contributed by atoms with van der Waals surface area (Å²) in [5.41, 5.74) is 7.26. The third-order valence-electron chi connectivity index (χ3n) is 2.95. The van der Waals surface area contributed by atoms with Crippen molar-refractivity contribution in [3.05, 3.63) is 36.0 Å². The molecule has 0 saturated heterocycles. The number of nitrogens with one attached hydrogen (secondary N) is 1. The molecule has 8 heteroatoms. The Kier molecular flexibility index (Phi) is 2.70. The average Bonchev–Trinajstić information content (AvgIpc) is 3.01. The number of hydrogen-bond acceptors (Lipinski definition) is 4. The number of nitrogens with two attached hydrogens (primary N) is 1. The Balaban J connectivity index is 2.28. The van der Waals surface area contributed by atoms with Crippen LogP contribution in [0.15, 0.2) is 24.4 Å². The van der Waals surface area contributed by atoms with Gasteiger partial charge in [-0.2, -0.15) is 20.5 Å². The van der Waals surface area contributed by atoms with Crippen LogP contribution in [0.4, 0.5) is 14.6 Å². The number of nitrogen functional groups attached to an aromatic ring is 1. The van der Waals surface area contributed by atoms with E-state index in [1.165, 1.54) is 16.9 Å². The van der Waals surface area contributed by atoms with Gasteiger partial charge in [0.1, 0.15) is 28.8 Å². The number of anilines is 1. The first-order valence-corrected chi connectivity index (χ1v) is 5.72. The molecule has 3 aromatic rings. The quantitative estimate of drug-likeness (QED) is 0.746. The number of benzene rings is 1. The zero-order chi connectivity index (χ0) is 14.3. The van der Waals surface area contributed by atoms with Crippen molar-refractivity contribution in [3.8, 4) is 22.5 Å². The van der Waals surface area contributed by atoms with E-state index in [2.05, 4.69) is 20.5 Å². The molecule has 1 aromatic carbocycles. The second-order valence-corrected chi connectivity index (χ2v) is 4.21. The number of hydrogen-bond donors (Lipinski definition) is 2. The fourth-order valence-corrected chi connectivity index (χ4v) is 1.99. The van der Waals surface area contributed by atoms with Crippen LogP contribution < -0.4 is 5.73 Å². The molecule has 0 spiro atoms. The Morgan fingerprint density at radius 1 is 1.30 bits per heavy atom. The van der Waals surface area contributed by atoms with Crippen LogP contribution in [0.1, 0.15) is 0 Å². The maximum absolute atomic E-state index is 14.0. The van der Waals surface area contributed by atoms with Gasteiger partial charge in [0.25, 0.3) is 0 Å². The Hall–Kier alpha value is -2.77. The van der Waals surface area contributed by atoms with Gasteiger partial charge in [-0.25, -0.2) is 8.78 Å². The zero-order valence-electron chi connectivity index (χ0n) is 10.4. The van der Waals surface area contributed by atoms with Crippen LogP contribution in [0.25, 0.3) is 22.5 Å². The Morgan fingerprint density at radius 3 is 2.75 bits per heavy atom. The van der Waals surface area contributed by atoms with Gasteiger partial charge in [-0.3, -0.25) is 4.68 Å². The fourth-order valence-electron chi connectivity index (χ4n) is 1.99. The first kappa shape index (κ1) is 12.3. The van der Waals surface area contributed by atoms with E-state index in [9.17, 15) is 8.78 Å². The number of aryl methyl sites for hydroxylation is 1. The van der Waals surface area contributed by atoms with E-state index in [1.54, 1.807) is 7.05 Å². The summed E-state index contributed by atoms with van der Waals surface area (Å²) in [7, 11) is 1.63. The zero-order valence-corrected chi connectivity index (χ0v) is 10.4. The summed E-state index contributed by atoms with van der Waals surface area (Å²) in [4.78, 5) is 0. The van der Waals surface area contributed by atoms with Crippen LogP contribution in [0, 0.1) is 11.6 Å². The SMILES string of the molecule is Cn1nc(-c2cn[nH]n2)c(-c2ccc(F)cc2F)c1N. The first-order valence-electron chi connectivity index (χ1n) is 5.72. The fraction of sp³-hybridized carbons (Fsp3) is 0.0833. The molecule has 0 aliphatic heterocycles. The van der Waals surface area contributed by atoms with Gasteiger partial charge >= 0.3 is 0 Å². The van der Waals surface area contributed by atoms with Gasteiger partial charge in [0.2, 0.25) is 0 Å². The number of nitrogens with zero attached hydrogens (tertiary/aromatic N) is 4. The second kappa shape index (κ2) is 4.41. The molecule has 0 radical (unpaired) electrons. The summed E-state index contributed by atoms with van der Waals surface area (Å²) in [5.74, 6) is -1.11. The van der Waals surface area contributed by atoms with Crippen molar-refractivity contribution in [2.45, 2.75) is 0 Å². The number of halogens is 2. The molecule has 0 amide bonds. The van der Waals surface area contributed by atoms with Gasteiger partial charge in [-0.15, -0.1) is 0 Å². The lowest BCUT2D eigenvalue weighted by Gasteiger charge is -2.04. The van der Waals surface area contributed by atoms with E-state index in [0.717, 1.165) is 12.1 Å². The van der Waals surface area contributed by atoms with Crippen molar-refractivity contribution in [1.29, 1.82) is 0 Å². The summed E-state index contributed by atoms with van der Waals surface area (Å²) in [5, 5.41) is 14.3. The molecule has 0 atom stereocenters. The van der Waals surface area contributed by atoms with Crippen molar-refractivity contribution in [2.75, 3.05) is 5.73 Å². The maximum Gasteiger partial charge on any atom is 0.134 e. The number of rotatable bonds is 2. The average molecular weight is 276 g/mol. The smallest absolute Gasteiger partial charge is 0.134 e. The van der Waals surface area contributed by atoms with Crippen molar-refractivity contribution in [3.63, 3.8) is 0 Å². The highest BCUT2D eigenvalue weighted by atomic mass is 19.1. The van der Waals surface area contributed by atoms with Crippen molar-refractivity contribution < 1.29 is 8.78 Å². The predicted octanol–water partition coefficient (Wildman–Crippen LogP) is 1.73. The topological polar surface area (TPSA) is 85.4 Å². The Labute approximate surface area is 112 Å². The maximum atomic E-state index is 14.0. The van der Waals surface area contributed by atoms with Gasteiger partial charge in [0, 0.05) is 18.7 Å². The van der Waals surface area contributed by atoms with E-state index < -0.39 is 11.6 Å². The summed E-state index contributed by atoms with van der Waals surface area (Å²) in [6.07, 6.45) is 1.45. The van der Waals surface area contributed by atoms with Gasteiger partial charge in [-0.1, -0.05) is 0 Å². The molecule has 3 N–H and O–H groups in total. The molecule has 2 heterocycles. The highest BCUT2D eigenvalue weighted by Gasteiger charge is 2.21. The van der Waals surface area contributed by atoms with E-state index in [4.69, 9.17) is 5.73 Å². The molecule has 3 rings (SSSR count). The molecule has 102 valence electrons. The predicted molar refractivity (Wildman–Crippen MR) is 68.3 cm³/mol. The molecule has 2 aromatic heterocycles. The van der Waals surface area contributed by atoms with E-state index in [-0.39, 0.29) is 11.4 Å². The third-order valence-corrected chi connectivity index (χ3v) is 2.95. The normalized spacial score (nSPS) is 10.9. The first-order chi connectivity index (χ1) is 9.58. The van der Waals surface area contributed by atoms with Gasteiger partial charge < -0.3 is 5.73 Å². The lowest BCUT2D eigenvalue weighted by molar-refractivity contribution is 0.585. The van der Waals surface area contributed by atoms with Gasteiger partial charge in [-0.05, 0) is 12.1 Å². The highest BCUT2D eigenvalue weighted by molar-refractivity contribution is 5.87. The van der Waals surface area contributed by atoms with Crippen molar-refractivity contribution >= 4 is 5.82 Å². The minimum atomic E-state index is -0.713. The number of aromatic amines is 1.